The standard InChI is InChI=1S/C21H20N2O3S/c24-21(22-15-14-17-8-3-1-4-9-17)18-10-7-13-20(16-18)27(25,26)23-19-11-5-2-6-12-19/h1-13,16,23H,14-15H2,(H,22,24). The molecule has 0 bridgehead atoms. The van der Waals surface area contributed by atoms with Crippen LogP contribution in [0.4, 0.5) is 5.69 Å². The molecule has 0 spiro atoms. The number of carbonyl (C=O) groups excluding carboxylic acids is 1. The molecule has 6 heteroatoms. The zero-order chi connectivity index (χ0) is 19.1. The lowest BCUT2D eigenvalue weighted by Gasteiger charge is -2.10. The van der Waals surface area contributed by atoms with Gasteiger partial charge in [0.25, 0.3) is 15.9 Å². The van der Waals surface area contributed by atoms with Gasteiger partial charge in [0.2, 0.25) is 0 Å². The van der Waals surface area contributed by atoms with Crippen molar-refractivity contribution in [1.29, 1.82) is 0 Å². The quantitative estimate of drug-likeness (QED) is 0.659. The molecule has 27 heavy (non-hydrogen) atoms. The van der Waals surface area contributed by atoms with Crippen molar-refractivity contribution in [2.24, 2.45) is 0 Å². The predicted octanol–water partition coefficient (Wildman–Crippen LogP) is 3.46. The van der Waals surface area contributed by atoms with Crippen LogP contribution in [0.1, 0.15) is 15.9 Å². The summed E-state index contributed by atoms with van der Waals surface area (Å²) in [6.07, 6.45) is 0.708. The molecule has 3 aromatic carbocycles. The average molecular weight is 380 g/mol. The fraction of sp³-hybridized carbons (Fsp3) is 0.0952. The molecule has 0 radical (unpaired) electrons. The van der Waals surface area contributed by atoms with Crippen molar-refractivity contribution in [1.82, 2.24) is 5.32 Å². The van der Waals surface area contributed by atoms with Gasteiger partial charge in [-0.2, -0.15) is 0 Å². The van der Waals surface area contributed by atoms with E-state index in [0.29, 0.717) is 24.2 Å². The van der Waals surface area contributed by atoms with E-state index >= 15 is 0 Å². The maximum atomic E-state index is 12.5. The smallest absolute Gasteiger partial charge is 0.261 e. The fourth-order valence-corrected chi connectivity index (χ4v) is 3.70. The van der Waals surface area contributed by atoms with E-state index in [0.717, 1.165) is 5.56 Å². The van der Waals surface area contributed by atoms with Crippen molar-refractivity contribution in [3.63, 3.8) is 0 Å². The van der Waals surface area contributed by atoms with E-state index in [9.17, 15) is 13.2 Å². The monoisotopic (exact) mass is 380 g/mol. The summed E-state index contributed by atoms with van der Waals surface area (Å²) < 4.78 is 27.6. The first kappa shape index (κ1) is 18.7. The van der Waals surface area contributed by atoms with E-state index in [1.165, 1.54) is 12.1 Å². The summed E-state index contributed by atoms with van der Waals surface area (Å²) >= 11 is 0. The Kier molecular flexibility index (Phi) is 5.88. The predicted molar refractivity (Wildman–Crippen MR) is 106 cm³/mol. The van der Waals surface area contributed by atoms with Crippen LogP contribution in [0.5, 0.6) is 0 Å². The molecule has 1 amide bonds. The largest absolute Gasteiger partial charge is 0.352 e. The number of sulfonamides is 1. The molecular weight excluding hydrogens is 360 g/mol. The van der Waals surface area contributed by atoms with Gasteiger partial charge in [0, 0.05) is 17.8 Å². The van der Waals surface area contributed by atoms with Gasteiger partial charge in [-0.25, -0.2) is 8.42 Å². The van der Waals surface area contributed by atoms with Crippen molar-refractivity contribution in [2.45, 2.75) is 11.3 Å². The van der Waals surface area contributed by atoms with Gasteiger partial charge in [0.15, 0.2) is 0 Å². The van der Waals surface area contributed by atoms with E-state index in [2.05, 4.69) is 10.0 Å². The van der Waals surface area contributed by atoms with Crippen molar-refractivity contribution in [3.05, 3.63) is 96.1 Å². The summed E-state index contributed by atoms with van der Waals surface area (Å²) in [5.74, 6) is -0.303. The highest BCUT2D eigenvalue weighted by Gasteiger charge is 2.16. The van der Waals surface area contributed by atoms with E-state index in [1.807, 2.05) is 30.3 Å². The number of carbonyl (C=O) groups is 1. The number of nitrogens with one attached hydrogen (secondary N) is 2. The molecule has 0 saturated carbocycles. The van der Waals surface area contributed by atoms with Gasteiger partial charge >= 0.3 is 0 Å². The second-order valence-corrected chi connectivity index (χ2v) is 7.67. The Morgan fingerprint density at radius 3 is 2.19 bits per heavy atom. The molecule has 0 aromatic heterocycles. The van der Waals surface area contributed by atoms with Gasteiger partial charge < -0.3 is 5.32 Å². The third kappa shape index (κ3) is 5.18. The fourth-order valence-electron chi connectivity index (χ4n) is 2.59. The summed E-state index contributed by atoms with van der Waals surface area (Å²) in [5, 5.41) is 2.82. The minimum atomic E-state index is -3.76. The van der Waals surface area contributed by atoms with Crippen molar-refractivity contribution >= 4 is 21.6 Å². The van der Waals surface area contributed by atoms with Crippen LogP contribution >= 0.6 is 0 Å². The lowest BCUT2D eigenvalue weighted by Crippen LogP contribution is -2.26. The van der Waals surface area contributed by atoms with Gasteiger partial charge in [-0.1, -0.05) is 54.6 Å². The van der Waals surface area contributed by atoms with Gasteiger partial charge in [-0.15, -0.1) is 0 Å². The van der Waals surface area contributed by atoms with Crippen LogP contribution in [0.15, 0.2) is 89.8 Å². The lowest BCUT2D eigenvalue weighted by atomic mass is 10.1. The molecule has 0 aliphatic heterocycles. The molecular formula is C21H20N2O3S. The van der Waals surface area contributed by atoms with Crippen LogP contribution in [-0.2, 0) is 16.4 Å². The third-order valence-corrected chi connectivity index (χ3v) is 5.35. The first-order valence-corrected chi connectivity index (χ1v) is 10.0. The molecule has 3 rings (SSSR count). The molecule has 0 fully saturated rings. The topological polar surface area (TPSA) is 75.3 Å². The Balaban J connectivity index is 1.66. The van der Waals surface area contributed by atoms with Crippen LogP contribution < -0.4 is 10.0 Å². The van der Waals surface area contributed by atoms with Crippen molar-refractivity contribution in [2.75, 3.05) is 11.3 Å². The second-order valence-electron chi connectivity index (χ2n) is 5.99. The van der Waals surface area contributed by atoms with Gasteiger partial charge in [-0.05, 0) is 42.3 Å². The second kappa shape index (κ2) is 8.51. The summed E-state index contributed by atoms with van der Waals surface area (Å²) in [6, 6.07) is 24.5. The number of benzene rings is 3. The van der Waals surface area contributed by atoms with Crippen LogP contribution in [-0.4, -0.2) is 20.9 Å². The molecule has 0 heterocycles. The van der Waals surface area contributed by atoms with Crippen LogP contribution in [0.2, 0.25) is 0 Å². The van der Waals surface area contributed by atoms with Gasteiger partial charge in [-0.3, -0.25) is 9.52 Å². The Labute approximate surface area is 159 Å². The maximum Gasteiger partial charge on any atom is 0.261 e. The number of para-hydroxylation sites is 1. The van der Waals surface area contributed by atoms with E-state index in [1.54, 1.807) is 42.5 Å². The normalized spacial score (nSPS) is 11.0. The Hall–Kier alpha value is -3.12. The minimum absolute atomic E-state index is 0.0436. The summed E-state index contributed by atoms with van der Waals surface area (Å²) in [6.45, 7) is 0.474. The Morgan fingerprint density at radius 2 is 1.48 bits per heavy atom. The molecule has 5 nitrogen and oxygen atoms in total. The van der Waals surface area contributed by atoms with E-state index < -0.39 is 10.0 Å². The molecule has 0 saturated heterocycles. The number of anilines is 1. The number of amides is 1. The van der Waals surface area contributed by atoms with Crippen molar-refractivity contribution in [3.8, 4) is 0 Å². The maximum absolute atomic E-state index is 12.5. The molecule has 2 N–H and O–H groups in total. The summed E-state index contributed by atoms with van der Waals surface area (Å²) in [4.78, 5) is 12.4. The van der Waals surface area contributed by atoms with Gasteiger partial charge in [0.05, 0.1) is 4.90 Å². The number of hydrogen-bond acceptors (Lipinski definition) is 3. The molecule has 3 aromatic rings. The van der Waals surface area contributed by atoms with Gasteiger partial charge in [0.1, 0.15) is 0 Å². The highest BCUT2D eigenvalue weighted by Crippen LogP contribution is 2.17. The zero-order valence-electron chi connectivity index (χ0n) is 14.6. The minimum Gasteiger partial charge on any atom is -0.352 e. The van der Waals surface area contributed by atoms with E-state index in [4.69, 9.17) is 0 Å². The highest BCUT2D eigenvalue weighted by atomic mass is 32.2. The van der Waals surface area contributed by atoms with Crippen molar-refractivity contribution < 1.29 is 13.2 Å². The summed E-state index contributed by atoms with van der Waals surface area (Å²) in [5.41, 5.74) is 1.90. The third-order valence-electron chi connectivity index (χ3n) is 3.97. The first-order chi connectivity index (χ1) is 13.0. The lowest BCUT2D eigenvalue weighted by molar-refractivity contribution is 0.0954. The van der Waals surface area contributed by atoms with E-state index in [-0.39, 0.29) is 10.8 Å². The molecule has 0 unspecified atom stereocenters. The molecule has 0 atom stereocenters. The van der Waals surface area contributed by atoms with Crippen LogP contribution in [0, 0.1) is 0 Å². The summed E-state index contributed by atoms with van der Waals surface area (Å²) in [7, 11) is -3.76. The Morgan fingerprint density at radius 1 is 0.815 bits per heavy atom. The Bertz CT molecular complexity index is 1000. The highest BCUT2D eigenvalue weighted by molar-refractivity contribution is 7.92. The average Bonchev–Trinajstić information content (AvgIpc) is 2.69. The van der Waals surface area contributed by atoms with Crippen LogP contribution in [0.3, 0.4) is 0 Å². The number of rotatable bonds is 7. The molecule has 0 aliphatic carbocycles. The zero-order valence-corrected chi connectivity index (χ0v) is 15.4. The number of hydrogen-bond donors (Lipinski definition) is 2. The SMILES string of the molecule is O=C(NCCc1ccccc1)c1cccc(S(=O)(=O)Nc2ccccc2)c1. The molecule has 0 aliphatic rings. The first-order valence-electron chi connectivity index (χ1n) is 8.55. The van der Waals surface area contributed by atoms with Crippen LogP contribution in [0.25, 0.3) is 0 Å². The molecule has 138 valence electrons.